The van der Waals surface area contributed by atoms with E-state index in [1.165, 1.54) is 6.33 Å². The highest BCUT2D eigenvalue weighted by Crippen LogP contribution is 1.96. The van der Waals surface area contributed by atoms with Crippen molar-refractivity contribution >= 4 is 0 Å². The maximum atomic E-state index is 5.23. The molecule has 0 bridgehead atoms. The third-order valence-electron chi connectivity index (χ3n) is 1.40. The number of aryl methyl sites for hydroxylation is 1. The second-order valence-electron chi connectivity index (χ2n) is 2.25. The molecule has 0 saturated heterocycles. The Hall–Kier alpha value is -1.40. The van der Waals surface area contributed by atoms with Crippen LogP contribution in [0.2, 0.25) is 0 Å². The molecule has 2 N–H and O–H groups in total. The van der Waals surface area contributed by atoms with Gasteiger partial charge in [0.1, 0.15) is 12.0 Å². The van der Waals surface area contributed by atoms with E-state index < -0.39 is 0 Å². The molecule has 3 heteroatoms. The Balaban J connectivity index is 2.86. The monoisotopic (exact) mass is 161 g/mol. The molecule has 1 aromatic rings. The Labute approximate surface area is 72.0 Å². The van der Waals surface area contributed by atoms with Crippen molar-refractivity contribution in [2.45, 2.75) is 13.3 Å². The zero-order valence-electron chi connectivity index (χ0n) is 7.04. The fourth-order valence-electron chi connectivity index (χ4n) is 0.801. The summed E-state index contributed by atoms with van der Waals surface area (Å²) in [7, 11) is 0. The second-order valence-corrected chi connectivity index (χ2v) is 2.25. The molecule has 0 spiro atoms. The average Bonchev–Trinajstić information content (AvgIpc) is 2.15. The van der Waals surface area contributed by atoms with Crippen LogP contribution in [-0.4, -0.2) is 16.5 Å². The molecule has 0 radical (unpaired) electrons. The van der Waals surface area contributed by atoms with Crippen LogP contribution in [0.15, 0.2) is 12.4 Å². The minimum atomic E-state index is 0.367. The van der Waals surface area contributed by atoms with Crippen LogP contribution < -0.4 is 5.73 Å². The van der Waals surface area contributed by atoms with Gasteiger partial charge in [0.25, 0.3) is 0 Å². The van der Waals surface area contributed by atoms with Gasteiger partial charge in [-0.05, 0) is 18.4 Å². The van der Waals surface area contributed by atoms with Gasteiger partial charge in [-0.2, -0.15) is 0 Å². The smallest absolute Gasteiger partial charge is 0.117 e. The maximum Gasteiger partial charge on any atom is 0.117 e. The van der Waals surface area contributed by atoms with Gasteiger partial charge in [-0.25, -0.2) is 9.97 Å². The molecule has 3 nitrogen and oxygen atoms in total. The van der Waals surface area contributed by atoms with Gasteiger partial charge < -0.3 is 5.73 Å². The van der Waals surface area contributed by atoms with Gasteiger partial charge >= 0.3 is 0 Å². The molecule has 0 atom stereocenters. The summed E-state index contributed by atoms with van der Waals surface area (Å²) in [6, 6.07) is 1.88. The van der Waals surface area contributed by atoms with Gasteiger partial charge in [0.05, 0.1) is 6.54 Å². The summed E-state index contributed by atoms with van der Waals surface area (Å²) in [5.41, 5.74) is 6.98. The SMILES string of the molecule is CCc1cc(C#CCN)ncn1. The number of rotatable bonds is 1. The molecule has 0 unspecified atom stereocenters. The molecule has 12 heavy (non-hydrogen) atoms. The third kappa shape index (κ3) is 2.33. The lowest BCUT2D eigenvalue weighted by molar-refractivity contribution is 0.991. The molecular formula is C9H11N3. The van der Waals surface area contributed by atoms with Gasteiger partial charge in [-0.1, -0.05) is 12.8 Å². The van der Waals surface area contributed by atoms with Crippen LogP contribution >= 0.6 is 0 Å². The van der Waals surface area contributed by atoms with Crippen LogP contribution in [0.5, 0.6) is 0 Å². The first kappa shape index (κ1) is 8.69. The van der Waals surface area contributed by atoms with E-state index in [9.17, 15) is 0 Å². The van der Waals surface area contributed by atoms with Gasteiger partial charge in [-0.15, -0.1) is 0 Å². The van der Waals surface area contributed by atoms with Crippen LogP contribution in [0.4, 0.5) is 0 Å². The summed E-state index contributed by atoms with van der Waals surface area (Å²) < 4.78 is 0. The average molecular weight is 161 g/mol. The molecule has 62 valence electrons. The minimum Gasteiger partial charge on any atom is -0.320 e. The lowest BCUT2D eigenvalue weighted by atomic mass is 10.3. The first-order chi connectivity index (χ1) is 5.86. The molecule has 1 rings (SSSR count). The van der Waals surface area contributed by atoms with Crippen LogP contribution in [0.25, 0.3) is 0 Å². The standard InChI is InChI=1S/C9H11N3/c1-2-8-6-9(4-3-5-10)12-7-11-8/h6-7H,2,5,10H2,1H3. The Bertz CT molecular complexity index is 309. The van der Waals surface area contributed by atoms with E-state index >= 15 is 0 Å². The first-order valence-corrected chi connectivity index (χ1v) is 3.86. The fraction of sp³-hybridized carbons (Fsp3) is 0.333. The maximum absolute atomic E-state index is 5.23. The van der Waals surface area contributed by atoms with E-state index in [4.69, 9.17) is 5.73 Å². The number of hydrogen-bond acceptors (Lipinski definition) is 3. The summed E-state index contributed by atoms with van der Waals surface area (Å²) in [5.74, 6) is 5.60. The summed E-state index contributed by atoms with van der Waals surface area (Å²) in [4.78, 5) is 8.04. The fourth-order valence-corrected chi connectivity index (χ4v) is 0.801. The van der Waals surface area contributed by atoms with Crippen molar-refractivity contribution in [3.05, 3.63) is 23.8 Å². The molecule has 0 aromatic carbocycles. The molecule has 0 aliphatic heterocycles. The number of nitrogens with zero attached hydrogens (tertiary/aromatic N) is 2. The zero-order valence-corrected chi connectivity index (χ0v) is 7.04. The number of aromatic nitrogens is 2. The van der Waals surface area contributed by atoms with E-state index in [0.717, 1.165) is 17.8 Å². The predicted octanol–water partition coefficient (Wildman–Crippen LogP) is 0.349. The Morgan fingerprint density at radius 2 is 2.33 bits per heavy atom. The summed E-state index contributed by atoms with van der Waals surface area (Å²) in [5, 5.41) is 0. The molecule has 0 aliphatic rings. The van der Waals surface area contributed by atoms with E-state index in [1.807, 2.05) is 13.0 Å². The molecule has 0 amide bonds. The van der Waals surface area contributed by atoms with E-state index in [1.54, 1.807) is 0 Å². The zero-order chi connectivity index (χ0) is 8.81. The highest BCUT2D eigenvalue weighted by atomic mass is 14.8. The van der Waals surface area contributed by atoms with Crippen molar-refractivity contribution in [2.24, 2.45) is 5.73 Å². The van der Waals surface area contributed by atoms with Crippen molar-refractivity contribution < 1.29 is 0 Å². The topological polar surface area (TPSA) is 51.8 Å². The summed E-state index contributed by atoms with van der Waals surface area (Å²) >= 11 is 0. The van der Waals surface area contributed by atoms with Gasteiger partial charge in [0.2, 0.25) is 0 Å². The molecule has 0 saturated carbocycles. The third-order valence-corrected chi connectivity index (χ3v) is 1.40. The predicted molar refractivity (Wildman–Crippen MR) is 47.3 cm³/mol. The molecule has 0 aliphatic carbocycles. The van der Waals surface area contributed by atoms with Gasteiger partial charge in [-0.3, -0.25) is 0 Å². The van der Waals surface area contributed by atoms with Gasteiger partial charge in [0.15, 0.2) is 0 Å². The van der Waals surface area contributed by atoms with E-state index in [2.05, 4.69) is 21.8 Å². The first-order valence-electron chi connectivity index (χ1n) is 3.86. The van der Waals surface area contributed by atoms with Crippen LogP contribution in [0.1, 0.15) is 18.3 Å². The number of nitrogens with two attached hydrogens (primary N) is 1. The largest absolute Gasteiger partial charge is 0.320 e. The van der Waals surface area contributed by atoms with Gasteiger partial charge in [0, 0.05) is 5.69 Å². The van der Waals surface area contributed by atoms with Crippen molar-refractivity contribution in [1.82, 2.24) is 9.97 Å². The van der Waals surface area contributed by atoms with Crippen molar-refractivity contribution in [3.63, 3.8) is 0 Å². The molecular weight excluding hydrogens is 150 g/mol. The van der Waals surface area contributed by atoms with Crippen molar-refractivity contribution in [2.75, 3.05) is 6.54 Å². The van der Waals surface area contributed by atoms with E-state index in [-0.39, 0.29) is 0 Å². The highest BCUT2D eigenvalue weighted by Gasteiger charge is 1.91. The Morgan fingerprint density at radius 3 is 3.00 bits per heavy atom. The van der Waals surface area contributed by atoms with E-state index in [0.29, 0.717) is 6.54 Å². The summed E-state index contributed by atoms with van der Waals surface area (Å²) in [6.45, 7) is 2.41. The van der Waals surface area contributed by atoms with Crippen molar-refractivity contribution in [1.29, 1.82) is 0 Å². The molecule has 1 aromatic heterocycles. The Kier molecular flexibility index (Phi) is 3.24. The lowest BCUT2D eigenvalue weighted by Gasteiger charge is -1.93. The Morgan fingerprint density at radius 1 is 1.50 bits per heavy atom. The quantitative estimate of drug-likeness (QED) is 0.605. The van der Waals surface area contributed by atoms with Crippen LogP contribution in [0, 0.1) is 11.8 Å². The lowest BCUT2D eigenvalue weighted by Crippen LogP contribution is -1.95. The molecule has 1 heterocycles. The normalized spacial score (nSPS) is 8.83. The van der Waals surface area contributed by atoms with Crippen molar-refractivity contribution in [3.8, 4) is 11.8 Å². The second kappa shape index (κ2) is 4.47. The van der Waals surface area contributed by atoms with Crippen LogP contribution in [0.3, 0.4) is 0 Å². The van der Waals surface area contributed by atoms with Crippen LogP contribution in [-0.2, 0) is 6.42 Å². The molecule has 0 fully saturated rings. The summed E-state index contributed by atoms with van der Waals surface area (Å²) in [6.07, 6.45) is 2.43. The minimum absolute atomic E-state index is 0.367. The number of hydrogen-bond donors (Lipinski definition) is 1. The highest BCUT2D eigenvalue weighted by molar-refractivity contribution is 5.28.